The van der Waals surface area contributed by atoms with Gasteiger partial charge in [0.15, 0.2) is 4.90 Å². The summed E-state index contributed by atoms with van der Waals surface area (Å²) in [6, 6.07) is 3.45. The molecule has 0 bridgehead atoms. The Morgan fingerprint density at radius 2 is 2.09 bits per heavy atom. The van der Waals surface area contributed by atoms with Crippen molar-refractivity contribution in [1.82, 2.24) is 4.31 Å². The normalized spacial score (nSPS) is 22.5. The number of nitro groups is 1. The zero-order valence-corrected chi connectivity index (χ0v) is 13.9. The van der Waals surface area contributed by atoms with Crippen LogP contribution < -0.4 is 5.73 Å². The second-order valence-corrected chi connectivity index (χ2v) is 8.43. The Labute approximate surface area is 134 Å². The Morgan fingerprint density at radius 3 is 2.64 bits per heavy atom. The van der Waals surface area contributed by atoms with Crippen LogP contribution in [0.3, 0.4) is 0 Å². The molecule has 22 heavy (non-hydrogen) atoms. The van der Waals surface area contributed by atoms with Crippen molar-refractivity contribution < 1.29 is 13.3 Å². The number of halogens is 1. The molecule has 0 aromatic heterocycles. The molecule has 2 rings (SSSR count). The van der Waals surface area contributed by atoms with Gasteiger partial charge in [0.1, 0.15) is 0 Å². The second kappa shape index (κ2) is 5.77. The average molecular weight is 348 g/mol. The maximum absolute atomic E-state index is 12.8. The monoisotopic (exact) mass is 347 g/mol. The molecule has 9 heteroatoms. The van der Waals surface area contributed by atoms with E-state index in [1.54, 1.807) is 0 Å². The molecule has 1 aromatic rings. The van der Waals surface area contributed by atoms with Crippen LogP contribution in [-0.2, 0) is 10.0 Å². The lowest BCUT2D eigenvalue weighted by Gasteiger charge is -2.41. The number of hydrogen-bond donors (Lipinski definition) is 1. The van der Waals surface area contributed by atoms with E-state index in [1.807, 2.05) is 13.8 Å². The Kier molecular flexibility index (Phi) is 4.49. The molecule has 0 saturated carbocycles. The molecule has 0 spiro atoms. The van der Waals surface area contributed by atoms with Gasteiger partial charge in [-0.1, -0.05) is 25.4 Å². The fourth-order valence-electron chi connectivity index (χ4n) is 2.52. The quantitative estimate of drug-likeness (QED) is 0.664. The predicted molar refractivity (Wildman–Crippen MR) is 83.2 cm³/mol. The van der Waals surface area contributed by atoms with E-state index in [0.29, 0.717) is 6.42 Å². The van der Waals surface area contributed by atoms with Crippen LogP contribution in [0.5, 0.6) is 0 Å². The van der Waals surface area contributed by atoms with Crippen LogP contribution >= 0.6 is 11.6 Å². The lowest BCUT2D eigenvalue weighted by molar-refractivity contribution is -0.387. The van der Waals surface area contributed by atoms with E-state index in [1.165, 1.54) is 16.4 Å². The van der Waals surface area contributed by atoms with Gasteiger partial charge in [-0.15, -0.1) is 0 Å². The number of benzene rings is 1. The van der Waals surface area contributed by atoms with E-state index in [4.69, 9.17) is 17.3 Å². The summed E-state index contributed by atoms with van der Waals surface area (Å²) in [6.45, 7) is 4.23. The summed E-state index contributed by atoms with van der Waals surface area (Å²) in [5.41, 5.74) is 5.10. The first kappa shape index (κ1) is 17.1. The molecule has 1 unspecified atom stereocenters. The van der Waals surface area contributed by atoms with Gasteiger partial charge >= 0.3 is 0 Å². The fraction of sp³-hybridized carbons (Fsp3) is 0.538. The van der Waals surface area contributed by atoms with Crippen molar-refractivity contribution in [3.8, 4) is 0 Å². The minimum Gasteiger partial charge on any atom is -0.327 e. The molecule has 1 aliphatic rings. The number of piperidine rings is 1. The zero-order chi connectivity index (χ0) is 16.7. The first-order chi connectivity index (χ1) is 10.1. The molecule has 0 amide bonds. The highest BCUT2D eigenvalue weighted by molar-refractivity contribution is 7.89. The predicted octanol–water partition coefficient (Wildman–Crippen LogP) is 2.00. The smallest absolute Gasteiger partial charge is 0.290 e. The van der Waals surface area contributed by atoms with E-state index in [9.17, 15) is 18.5 Å². The van der Waals surface area contributed by atoms with Crippen molar-refractivity contribution in [3.05, 3.63) is 33.3 Å². The van der Waals surface area contributed by atoms with E-state index < -0.39 is 26.0 Å². The third kappa shape index (κ3) is 3.10. The van der Waals surface area contributed by atoms with Gasteiger partial charge in [-0.25, -0.2) is 8.42 Å². The van der Waals surface area contributed by atoms with Crippen molar-refractivity contribution >= 4 is 27.3 Å². The zero-order valence-electron chi connectivity index (χ0n) is 12.3. The highest BCUT2D eigenvalue weighted by atomic mass is 35.5. The summed E-state index contributed by atoms with van der Waals surface area (Å²) >= 11 is 5.73. The SMILES string of the molecule is CC1(C)CN(S(=O)(=O)c2ccc(Cl)cc2[N+](=O)[O-])CCC1N. The minimum atomic E-state index is -3.97. The van der Waals surface area contributed by atoms with Crippen LogP contribution in [0.15, 0.2) is 23.1 Å². The van der Waals surface area contributed by atoms with E-state index >= 15 is 0 Å². The number of rotatable bonds is 3. The van der Waals surface area contributed by atoms with Crippen molar-refractivity contribution in [2.45, 2.75) is 31.2 Å². The molecular weight excluding hydrogens is 330 g/mol. The summed E-state index contributed by atoms with van der Waals surface area (Å²) in [5, 5.41) is 11.2. The van der Waals surface area contributed by atoms with Gasteiger partial charge in [0.25, 0.3) is 5.69 Å². The van der Waals surface area contributed by atoms with Gasteiger partial charge in [0.2, 0.25) is 10.0 Å². The van der Waals surface area contributed by atoms with Gasteiger partial charge in [0, 0.05) is 30.2 Å². The lowest BCUT2D eigenvalue weighted by atomic mass is 9.81. The lowest BCUT2D eigenvalue weighted by Crippen LogP contribution is -2.53. The molecule has 1 atom stereocenters. The number of sulfonamides is 1. The maximum Gasteiger partial charge on any atom is 0.290 e. The minimum absolute atomic E-state index is 0.112. The molecule has 1 fully saturated rings. The van der Waals surface area contributed by atoms with Gasteiger partial charge in [-0.3, -0.25) is 10.1 Å². The Balaban J connectivity index is 2.46. The van der Waals surface area contributed by atoms with E-state index in [0.717, 1.165) is 6.07 Å². The fourth-order valence-corrected chi connectivity index (χ4v) is 4.45. The number of nitro benzene ring substituents is 1. The molecule has 1 heterocycles. The molecule has 1 saturated heterocycles. The number of nitrogens with zero attached hydrogens (tertiary/aromatic N) is 2. The molecule has 1 aromatic carbocycles. The summed E-state index contributed by atoms with van der Waals surface area (Å²) in [5.74, 6) is 0. The molecule has 0 aliphatic carbocycles. The molecule has 122 valence electrons. The summed E-state index contributed by atoms with van der Waals surface area (Å²) in [4.78, 5) is 10.1. The van der Waals surface area contributed by atoms with Crippen molar-refractivity contribution in [3.63, 3.8) is 0 Å². The summed E-state index contributed by atoms with van der Waals surface area (Å²) in [7, 11) is -3.97. The average Bonchev–Trinajstić information content (AvgIpc) is 2.41. The standard InChI is InChI=1S/C13H18ClN3O4S/c1-13(2)8-16(6-5-12(13)15)22(20,21)11-4-3-9(14)7-10(11)17(18)19/h3-4,7,12H,5-6,8,15H2,1-2H3. The van der Waals surface area contributed by atoms with Crippen LogP contribution in [0.1, 0.15) is 20.3 Å². The second-order valence-electron chi connectivity index (χ2n) is 6.09. The van der Waals surface area contributed by atoms with Gasteiger partial charge in [0.05, 0.1) is 4.92 Å². The third-order valence-electron chi connectivity index (χ3n) is 4.01. The van der Waals surface area contributed by atoms with Crippen molar-refractivity contribution in [2.24, 2.45) is 11.1 Å². The Morgan fingerprint density at radius 1 is 1.45 bits per heavy atom. The highest BCUT2D eigenvalue weighted by Crippen LogP contribution is 2.34. The molecule has 7 nitrogen and oxygen atoms in total. The van der Waals surface area contributed by atoms with Gasteiger partial charge in [-0.05, 0) is 24.0 Å². The van der Waals surface area contributed by atoms with Crippen LogP contribution in [0.2, 0.25) is 5.02 Å². The number of hydrogen-bond acceptors (Lipinski definition) is 5. The molecule has 1 aliphatic heterocycles. The van der Waals surface area contributed by atoms with Crippen molar-refractivity contribution in [1.29, 1.82) is 0 Å². The topological polar surface area (TPSA) is 107 Å². The van der Waals surface area contributed by atoms with E-state index in [-0.39, 0.29) is 29.0 Å². The Bertz CT molecular complexity index is 705. The third-order valence-corrected chi connectivity index (χ3v) is 6.14. The van der Waals surface area contributed by atoms with Crippen LogP contribution in [0, 0.1) is 15.5 Å². The Hall–Kier alpha value is -1.22. The van der Waals surface area contributed by atoms with Crippen molar-refractivity contribution in [2.75, 3.05) is 13.1 Å². The first-order valence-electron chi connectivity index (χ1n) is 6.75. The van der Waals surface area contributed by atoms with Crippen LogP contribution in [-0.4, -0.2) is 36.8 Å². The first-order valence-corrected chi connectivity index (χ1v) is 8.57. The van der Waals surface area contributed by atoms with Crippen LogP contribution in [0.4, 0.5) is 5.69 Å². The molecule has 0 radical (unpaired) electrons. The molecule has 2 N–H and O–H groups in total. The molecular formula is C13H18ClN3O4S. The van der Waals surface area contributed by atoms with Gasteiger partial charge < -0.3 is 5.73 Å². The summed E-state index contributed by atoms with van der Waals surface area (Å²) < 4.78 is 26.8. The summed E-state index contributed by atoms with van der Waals surface area (Å²) in [6.07, 6.45) is 0.508. The van der Waals surface area contributed by atoms with Gasteiger partial charge in [-0.2, -0.15) is 4.31 Å². The van der Waals surface area contributed by atoms with Crippen LogP contribution in [0.25, 0.3) is 0 Å². The largest absolute Gasteiger partial charge is 0.327 e. The van der Waals surface area contributed by atoms with E-state index in [2.05, 4.69) is 0 Å². The number of nitrogens with two attached hydrogens (primary N) is 1. The maximum atomic E-state index is 12.8. The highest BCUT2D eigenvalue weighted by Gasteiger charge is 2.40.